The fourth-order valence-electron chi connectivity index (χ4n) is 2.57. The minimum Gasteiger partial charge on any atom is -0.371 e. The molecule has 1 heterocycles. The van der Waals surface area contributed by atoms with Crippen molar-refractivity contribution in [2.75, 3.05) is 29.9 Å². The third-order valence-electron chi connectivity index (χ3n) is 3.64. The number of hydrogen-bond donors (Lipinski definition) is 0. The van der Waals surface area contributed by atoms with Crippen LogP contribution in [-0.2, 0) is 0 Å². The lowest BCUT2D eigenvalue weighted by Crippen LogP contribution is -2.36. The molecule has 0 atom stereocenters. The van der Waals surface area contributed by atoms with Crippen molar-refractivity contribution in [3.8, 4) is 0 Å². The molecule has 1 aliphatic heterocycles. The van der Waals surface area contributed by atoms with Gasteiger partial charge in [-0.2, -0.15) is 0 Å². The highest BCUT2D eigenvalue weighted by atomic mass is 35.5. The lowest BCUT2D eigenvalue weighted by Gasteiger charge is -2.37. The van der Waals surface area contributed by atoms with E-state index < -0.39 is 0 Å². The highest BCUT2D eigenvalue weighted by Crippen LogP contribution is 2.39. The Morgan fingerprint density at radius 2 is 1.80 bits per heavy atom. The van der Waals surface area contributed by atoms with Crippen LogP contribution in [0.5, 0.6) is 0 Å². The Bertz CT molecular complexity index is 657. The normalized spacial score (nSPS) is 14.1. The first-order chi connectivity index (χ1) is 9.70. The summed E-state index contributed by atoms with van der Waals surface area (Å²) in [6.07, 6.45) is 0.813. The van der Waals surface area contributed by atoms with Gasteiger partial charge in [0.05, 0.1) is 22.1 Å². The van der Waals surface area contributed by atoms with Gasteiger partial charge in [-0.3, -0.25) is 4.79 Å². The van der Waals surface area contributed by atoms with E-state index in [9.17, 15) is 4.79 Å². The van der Waals surface area contributed by atoms with Gasteiger partial charge in [0.15, 0.2) is 0 Å². The summed E-state index contributed by atoms with van der Waals surface area (Å²) >= 11 is 6.33. The van der Waals surface area contributed by atoms with E-state index in [0.29, 0.717) is 10.6 Å². The number of carbonyl (C=O) groups is 1. The van der Waals surface area contributed by atoms with Crippen molar-refractivity contribution in [3.63, 3.8) is 0 Å². The fourth-order valence-corrected chi connectivity index (χ4v) is 2.86. The van der Waals surface area contributed by atoms with Crippen LogP contribution in [0, 0.1) is 0 Å². The van der Waals surface area contributed by atoms with Crippen LogP contribution in [-0.4, -0.2) is 26.4 Å². The second kappa shape index (κ2) is 5.17. The molecule has 3 rings (SSSR count). The van der Waals surface area contributed by atoms with Gasteiger partial charge < -0.3 is 9.80 Å². The number of anilines is 3. The number of para-hydroxylation sites is 2. The Hall–Kier alpha value is -2.00. The van der Waals surface area contributed by atoms with Gasteiger partial charge in [-0.15, -0.1) is 0 Å². The SMILES string of the molecule is CN1CCN(c2ccc(C=O)cc2Cl)c2ccccc21. The van der Waals surface area contributed by atoms with Crippen LogP contribution in [0.15, 0.2) is 42.5 Å². The van der Waals surface area contributed by atoms with E-state index in [1.54, 1.807) is 12.1 Å². The van der Waals surface area contributed by atoms with Crippen molar-refractivity contribution in [1.82, 2.24) is 0 Å². The molecule has 0 saturated heterocycles. The van der Waals surface area contributed by atoms with Crippen LogP contribution in [0.3, 0.4) is 0 Å². The molecular formula is C16H15ClN2O. The number of benzene rings is 2. The lowest BCUT2D eigenvalue weighted by atomic mass is 10.1. The highest BCUT2D eigenvalue weighted by Gasteiger charge is 2.22. The molecule has 0 N–H and O–H groups in total. The van der Waals surface area contributed by atoms with Crippen molar-refractivity contribution >= 4 is 34.9 Å². The zero-order chi connectivity index (χ0) is 14.1. The molecular weight excluding hydrogens is 272 g/mol. The van der Waals surface area contributed by atoms with Crippen molar-refractivity contribution in [1.29, 1.82) is 0 Å². The maximum absolute atomic E-state index is 10.8. The zero-order valence-corrected chi connectivity index (χ0v) is 12.0. The van der Waals surface area contributed by atoms with Crippen molar-refractivity contribution < 1.29 is 4.79 Å². The van der Waals surface area contributed by atoms with Crippen LogP contribution in [0.2, 0.25) is 5.02 Å². The van der Waals surface area contributed by atoms with Crippen LogP contribution in [0.25, 0.3) is 0 Å². The standard InChI is InChI=1S/C16H15ClN2O/c1-18-8-9-19(16-5-3-2-4-15(16)18)14-7-6-12(11-20)10-13(14)17/h2-7,10-11H,8-9H2,1H3. The number of hydrogen-bond acceptors (Lipinski definition) is 3. The van der Waals surface area contributed by atoms with Crippen LogP contribution in [0.4, 0.5) is 17.1 Å². The van der Waals surface area contributed by atoms with Crippen molar-refractivity contribution in [2.45, 2.75) is 0 Å². The average molecular weight is 287 g/mol. The third-order valence-corrected chi connectivity index (χ3v) is 3.94. The maximum Gasteiger partial charge on any atom is 0.150 e. The molecule has 0 aliphatic carbocycles. The molecule has 4 heteroatoms. The Labute approximate surface area is 123 Å². The molecule has 0 saturated carbocycles. The number of halogens is 1. The molecule has 20 heavy (non-hydrogen) atoms. The third kappa shape index (κ3) is 2.14. The van der Waals surface area contributed by atoms with E-state index in [2.05, 4.69) is 29.0 Å². The van der Waals surface area contributed by atoms with Gasteiger partial charge in [0.1, 0.15) is 6.29 Å². The highest BCUT2D eigenvalue weighted by molar-refractivity contribution is 6.33. The maximum atomic E-state index is 10.8. The molecule has 2 aromatic carbocycles. The minimum atomic E-state index is 0.598. The molecule has 0 fully saturated rings. The molecule has 0 amide bonds. The van der Waals surface area contributed by atoms with Gasteiger partial charge >= 0.3 is 0 Å². The number of likely N-dealkylation sites (N-methyl/N-ethyl adjacent to an activating group) is 1. The minimum absolute atomic E-state index is 0.598. The zero-order valence-electron chi connectivity index (χ0n) is 11.2. The first-order valence-corrected chi connectivity index (χ1v) is 6.91. The molecule has 2 aromatic rings. The van der Waals surface area contributed by atoms with Gasteiger partial charge in [0.2, 0.25) is 0 Å². The Balaban J connectivity index is 2.08. The molecule has 0 spiro atoms. The number of nitrogens with zero attached hydrogens (tertiary/aromatic N) is 2. The molecule has 102 valence electrons. The van der Waals surface area contributed by atoms with Gasteiger partial charge in [-0.25, -0.2) is 0 Å². The summed E-state index contributed by atoms with van der Waals surface area (Å²) in [6.45, 7) is 1.80. The summed E-state index contributed by atoms with van der Waals surface area (Å²) in [7, 11) is 2.09. The summed E-state index contributed by atoms with van der Waals surface area (Å²) in [5.74, 6) is 0. The summed E-state index contributed by atoms with van der Waals surface area (Å²) < 4.78 is 0. The van der Waals surface area contributed by atoms with Crippen molar-refractivity contribution in [2.24, 2.45) is 0 Å². The van der Waals surface area contributed by atoms with Gasteiger partial charge in [0.25, 0.3) is 0 Å². The van der Waals surface area contributed by atoms with Gasteiger partial charge in [0, 0.05) is 25.7 Å². The average Bonchev–Trinajstić information content (AvgIpc) is 2.48. The summed E-state index contributed by atoms with van der Waals surface area (Å²) in [5.41, 5.74) is 3.87. The molecule has 0 aromatic heterocycles. The number of carbonyl (C=O) groups excluding carboxylic acids is 1. The number of fused-ring (bicyclic) bond motifs is 1. The Morgan fingerprint density at radius 1 is 1.05 bits per heavy atom. The van der Waals surface area contributed by atoms with E-state index in [0.717, 1.165) is 30.8 Å². The molecule has 1 aliphatic rings. The first-order valence-electron chi connectivity index (χ1n) is 6.53. The van der Waals surface area contributed by atoms with Crippen molar-refractivity contribution in [3.05, 3.63) is 53.1 Å². The van der Waals surface area contributed by atoms with E-state index >= 15 is 0 Å². The monoisotopic (exact) mass is 286 g/mol. The smallest absolute Gasteiger partial charge is 0.150 e. The predicted octanol–water partition coefficient (Wildman–Crippen LogP) is 3.74. The van der Waals surface area contributed by atoms with Gasteiger partial charge in [-0.05, 0) is 30.3 Å². The van der Waals surface area contributed by atoms with E-state index in [4.69, 9.17) is 11.6 Å². The fraction of sp³-hybridized carbons (Fsp3) is 0.188. The molecule has 3 nitrogen and oxygen atoms in total. The van der Waals surface area contributed by atoms with Gasteiger partial charge in [-0.1, -0.05) is 23.7 Å². The van der Waals surface area contributed by atoms with E-state index in [1.165, 1.54) is 5.69 Å². The summed E-state index contributed by atoms with van der Waals surface area (Å²) in [4.78, 5) is 15.2. The Kier molecular flexibility index (Phi) is 3.36. The summed E-state index contributed by atoms with van der Waals surface area (Å²) in [6, 6.07) is 13.7. The van der Waals surface area contributed by atoms with E-state index in [-0.39, 0.29) is 0 Å². The topological polar surface area (TPSA) is 23.6 Å². The van der Waals surface area contributed by atoms with Crippen LogP contribution >= 0.6 is 11.6 Å². The molecule has 0 bridgehead atoms. The lowest BCUT2D eigenvalue weighted by molar-refractivity contribution is 0.112. The second-order valence-electron chi connectivity index (χ2n) is 4.89. The van der Waals surface area contributed by atoms with E-state index in [1.807, 2.05) is 18.2 Å². The Morgan fingerprint density at radius 3 is 2.50 bits per heavy atom. The molecule has 0 radical (unpaired) electrons. The first kappa shape index (κ1) is 13.0. The summed E-state index contributed by atoms with van der Waals surface area (Å²) in [5, 5.41) is 0.606. The van der Waals surface area contributed by atoms with Crippen LogP contribution in [0.1, 0.15) is 10.4 Å². The van der Waals surface area contributed by atoms with Crippen LogP contribution < -0.4 is 9.80 Å². The number of aldehydes is 1. The molecule has 0 unspecified atom stereocenters. The largest absolute Gasteiger partial charge is 0.371 e. The number of rotatable bonds is 2. The predicted molar refractivity (Wildman–Crippen MR) is 83.6 cm³/mol. The second-order valence-corrected chi connectivity index (χ2v) is 5.30. The quantitative estimate of drug-likeness (QED) is 0.786.